The summed E-state index contributed by atoms with van der Waals surface area (Å²) < 4.78 is 9.88. The Morgan fingerprint density at radius 3 is 2.39 bits per heavy atom. The highest BCUT2D eigenvalue weighted by molar-refractivity contribution is 6.04. The molecular formula is C21H20N2O5. The standard InChI is InChI=1S/C21H20N2O5/c1-12-18(21(26)27-4)13(2)23-19(12)20(25)14(3)28-17(24)10-9-15-5-7-16(11-22)8-6-15/h5-10,14,23H,1-4H3/b10-9+/t14-/m1/s1. The van der Waals surface area contributed by atoms with Gasteiger partial charge in [0.25, 0.3) is 0 Å². The Morgan fingerprint density at radius 1 is 1.18 bits per heavy atom. The molecule has 0 spiro atoms. The van der Waals surface area contributed by atoms with Crippen LogP contribution in [0.25, 0.3) is 6.08 Å². The first kappa shape index (κ1) is 20.6. The third kappa shape index (κ3) is 4.54. The molecule has 1 N–H and O–H groups in total. The van der Waals surface area contributed by atoms with Gasteiger partial charge in [-0.15, -0.1) is 0 Å². The van der Waals surface area contributed by atoms with Crippen LogP contribution < -0.4 is 0 Å². The molecule has 2 aromatic rings. The number of rotatable bonds is 6. The van der Waals surface area contributed by atoms with E-state index in [1.165, 1.54) is 26.2 Å². The van der Waals surface area contributed by atoms with Crippen molar-refractivity contribution in [2.45, 2.75) is 26.9 Å². The predicted molar refractivity (Wildman–Crippen MR) is 102 cm³/mol. The number of ketones is 1. The summed E-state index contributed by atoms with van der Waals surface area (Å²) in [4.78, 5) is 39.3. The van der Waals surface area contributed by atoms with Crippen LogP contribution in [0.2, 0.25) is 0 Å². The SMILES string of the molecule is COC(=O)c1c(C)[nH]c(C(=O)[C@@H](C)OC(=O)/C=C/c2ccc(C#N)cc2)c1C. The highest BCUT2D eigenvalue weighted by Crippen LogP contribution is 2.21. The number of benzene rings is 1. The van der Waals surface area contributed by atoms with Crippen LogP contribution in [0.5, 0.6) is 0 Å². The molecule has 28 heavy (non-hydrogen) atoms. The topological polar surface area (TPSA) is 109 Å². The molecule has 144 valence electrons. The van der Waals surface area contributed by atoms with Gasteiger partial charge in [0.2, 0.25) is 5.78 Å². The maximum atomic E-state index is 12.6. The number of methoxy groups -OCH3 is 1. The molecule has 1 aromatic carbocycles. The minimum atomic E-state index is -1.04. The lowest BCUT2D eigenvalue weighted by Crippen LogP contribution is -2.24. The lowest BCUT2D eigenvalue weighted by atomic mass is 10.1. The number of aromatic nitrogens is 1. The Bertz CT molecular complexity index is 977. The number of esters is 2. The summed E-state index contributed by atoms with van der Waals surface area (Å²) in [5.74, 6) is -1.67. The zero-order valence-corrected chi connectivity index (χ0v) is 16.0. The molecule has 1 heterocycles. The number of carbonyl (C=O) groups excluding carboxylic acids is 3. The van der Waals surface area contributed by atoms with E-state index in [9.17, 15) is 14.4 Å². The molecular weight excluding hydrogens is 360 g/mol. The molecule has 2 rings (SSSR count). The van der Waals surface area contributed by atoms with Gasteiger partial charge in [-0.25, -0.2) is 9.59 Å². The van der Waals surface area contributed by atoms with Gasteiger partial charge in [0, 0.05) is 11.8 Å². The highest BCUT2D eigenvalue weighted by Gasteiger charge is 2.26. The number of Topliss-reactive ketones (excluding diaryl/α,β-unsaturated/α-hetero) is 1. The first-order valence-electron chi connectivity index (χ1n) is 8.49. The number of nitrogens with one attached hydrogen (secondary N) is 1. The van der Waals surface area contributed by atoms with Gasteiger partial charge < -0.3 is 14.5 Å². The smallest absolute Gasteiger partial charge is 0.339 e. The van der Waals surface area contributed by atoms with Crippen molar-refractivity contribution in [3.63, 3.8) is 0 Å². The third-order valence-corrected chi connectivity index (χ3v) is 4.19. The van der Waals surface area contributed by atoms with E-state index in [0.717, 1.165) is 0 Å². The number of carbonyl (C=O) groups is 3. The number of aryl methyl sites for hydroxylation is 1. The van der Waals surface area contributed by atoms with Crippen LogP contribution >= 0.6 is 0 Å². The van der Waals surface area contributed by atoms with Crippen LogP contribution in [-0.2, 0) is 14.3 Å². The first-order valence-corrected chi connectivity index (χ1v) is 8.49. The fourth-order valence-electron chi connectivity index (χ4n) is 2.71. The number of hydrogen-bond acceptors (Lipinski definition) is 6. The van der Waals surface area contributed by atoms with Crippen LogP contribution in [0.1, 0.15) is 50.2 Å². The first-order chi connectivity index (χ1) is 13.3. The summed E-state index contributed by atoms with van der Waals surface area (Å²) in [7, 11) is 1.26. The van der Waals surface area contributed by atoms with Crippen LogP contribution in [0.4, 0.5) is 0 Å². The second kappa shape index (κ2) is 8.82. The number of nitrogens with zero attached hydrogens (tertiary/aromatic N) is 1. The van der Waals surface area contributed by atoms with E-state index in [0.29, 0.717) is 27.9 Å². The molecule has 7 heteroatoms. The summed E-state index contributed by atoms with van der Waals surface area (Å²) >= 11 is 0. The molecule has 0 bridgehead atoms. The fourth-order valence-corrected chi connectivity index (χ4v) is 2.71. The highest BCUT2D eigenvalue weighted by atomic mass is 16.5. The molecule has 0 saturated heterocycles. The lowest BCUT2D eigenvalue weighted by Gasteiger charge is -2.10. The molecule has 0 amide bonds. The summed E-state index contributed by atoms with van der Waals surface area (Å²) in [5.41, 5.74) is 2.69. The molecule has 0 radical (unpaired) electrons. The summed E-state index contributed by atoms with van der Waals surface area (Å²) in [6, 6.07) is 8.65. The van der Waals surface area contributed by atoms with Gasteiger partial charge in [0.05, 0.1) is 30.0 Å². The molecule has 0 aliphatic carbocycles. The van der Waals surface area contributed by atoms with Gasteiger partial charge in [0.15, 0.2) is 6.10 Å². The predicted octanol–water partition coefficient (Wildman–Crippen LogP) is 3.12. The van der Waals surface area contributed by atoms with Gasteiger partial charge in [0.1, 0.15) is 0 Å². The van der Waals surface area contributed by atoms with Crippen molar-refractivity contribution in [1.82, 2.24) is 4.98 Å². The Labute approximate surface area is 162 Å². The van der Waals surface area contributed by atoms with Crippen LogP contribution in [0, 0.1) is 25.2 Å². The molecule has 0 fully saturated rings. The van der Waals surface area contributed by atoms with E-state index < -0.39 is 23.8 Å². The largest absolute Gasteiger partial charge is 0.465 e. The Morgan fingerprint density at radius 2 is 1.82 bits per heavy atom. The van der Waals surface area contributed by atoms with E-state index in [4.69, 9.17) is 14.7 Å². The van der Waals surface area contributed by atoms with Crippen molar-refractivity contribution in [2.75, 3.05) is 7.11 Å². The van der Waals surface area contributed by atoms with E-state index in [1.54, 1.807) is 38.1 Å². The molecule has 1 aromatic heterocycles. The van der Waals surface area contributed by atoms with Crippen molar-refractivity contribution in [2.24, 2.45) is 0 Å². The zero-order valence-electron chi connectivity index (χ0n) is 16.0. The van der Waals surface area contributed by atoms with Crippen molar-refractivity contribution in [1.29, 1.82) is 5.26 Å². The van der Waals surface area contributed by atoms with E-state index in [1.807, 2.05) is 6.07 Å². The second-order valence-electron chi connectivity index (χ2n) is 6.13. The van der Waals surface area contributed by atoms with Gasteiger partial charge in [-0.1, -0.05) is 12.1 Å². The normalized spacial score (nSPS) is 11.7. The average molecular weight is 380 g/mol. The molecule has 0 aliphatic heterocycles. The number of nitriles is 1. The maximum absolute atomic E-state index is 12.6. The second-order valence-corrected chi connectivity index (χ2v) is 6.13. The van der Waals surface area contributed by atoms with Gasteiger partial charge in [-0.05, 0) is 50.1 Å². The minimum Gasteiger partial charge on any atom is -0.465 e. The number of hydrogen-bond donors (Lipinski definition) is 1. The van der Waals surface area contributed by atoms with Gasteiger partial charge in [-0.2, -0.15) is 5.26 Å². The molecule has 0 unspecified atom stereocenters. The summed E-state index contributed by atoms with van der Waals surface area (Å²) in [5, 5.41) is 8.77. The van der Waals surface area contributed by atoms with Crippen molar-refractivity contribution in [3.8, 4) is 6.07 Å². The fraction of sp³-hybridized carbons (Fsp3) is 0.238. The van der Waals surface area contributed by atoms with Crippen LogP contribution in [0.15, 0.2) is 30.3 Å². The Balaban J connectivity index is 2.07. The van der Waals surface area contributed by atoms with Gasteiger partial charge in [-0.3, -0.25) is 4.79 Å². The van der Waals surface area contributed by atoms with Crippen molar-refractivity contribution in [3.05, 3.63) is 64.0 Å². The number of H-pyrrole nitrogens is 1. The van der Waals surface area contributed by atoms with Crippen LogP contribution in [0.3, 0.4) is 0 Å². The monoisotopic (exact) mass is 380 g/mol. The Kier molecular flexibility index (Phi) is 6.51. The van der Waals surface area contributed by atoms with Gasteiger partial charge >= 0.3 is 11.9 Å². The van der Waals surface area contributed by atoms with E-state index >= 15 is 0 Å². The summed E-state index contributed by atoms with van der Waals surface area (Å²) in [6.45, 7) is 4.75. The zero-order chi connectivity index (χ0) is 20.8. The van der Waals surface area contributed by atoms with E-state index in [2.05, 4.69) is 4.98 Å². The molecule has 0 saturated carbocycles. The third-order valence-electron chi connectivity index (χ3n) is 4.19. The summed E-state index contributed by atoms with van der Waals surface area (Å²) in [6.07, 6.45) is 1.69. The van der Waals surface area contributed by atoms with Crippen LogP contribution in [-0.4, -0.2) is 35.9 Å². The van der Waals surface area contributed by atoms with Crippen molar-refractivity contribution < 1.29 is 23.9 Å². The number of aromatic amines is 1. The lowest BCUT2D eigenvalue weighted by molar-refractivity contribution is -0.140. The number of ether oxygens (including phenoxy) is 2. The molecule has 7 nitrogen and oxygen atoms in total. The van der Waals surface area contributed by atoms with Crippen molar-refractivity contribution >= 4 is 23.8 Å². The Hall–Kier alpha value is -3.66. The average Bonchev–Trinajstić information content (AvgIpc) is 2.99. The molecule has 0 aliphatic rings. The van der Waals surface area contributed by atoms with E-state index in [-0.39, 0.29) is 5.69 Å². The quantitative estimate of drug-likeness (QED) is 0.468. The maximum Gasteiger partial charge on any atom is 0.339 e. The minimum absolute atomic E-state index is 0.203. The molecule has 1 atom stereocenters.